The Balaban J connectivity index is 1.60. The van der Waals surface area contributed by atoms with Crippen LogP contribution < -0.4 is 15.8 Å². The van der Waals surface area contributed by atoms with Crippen LogP contribution in [0.15, 0.2) is 0 Å². The average Bonchev–Trinajstić information content (AvgIpc) is 2.88. The quantitative estimate of drug-likeness (QED) is 0.433. The molecule has 0 unspecified atom stereocenters. The molecular weight excluding hydrogens is 258 g/mol. The van der Waals surface area contributed by atoms with Crippen LogP contribution in [0.2, 0.25) is 0 Å². The van der Waals surface area contributed by atoms with Crippen molar-refractivity contribution in [3.05, 3.63) is 10.0 Å². The van der Waals surface area contributed by atoms with Crippen molar-refractivity contribution < 1.29 is 4.18 Å². The van der Waals surface area contributed by atoms with E-state index in [9.17, 15) is 0 Å². The number of nitrogens with zero attached hydrogens (tertiary/aromatic N) is 5. The molecule has 2 aromatic heterocycles. The number of rotatable bonds is 6. The van der Waals surface area contributed by atoms with E-state index in [-0.39, 0.29) is 0 Å². The molecule has 0 aromatic carbocycles. The van der Waals surface area contributed by atoms with Crippen LogP contribution in [-0.4, -0.2) is 20.5 Å². The van der Waals surface area contributed by atoms with Gasteiger partial charge in [0.05, 0.1) is 5.10 Å². The van der Waals surface area contributed by atoms with Gasteiger partial charge in [0.25, 0.3) is 5.01 Å². The molecule has 0 atom stereocenters. The number of hydrogen-bond acceptors (Lipinski definition) is 8. The molecule has 2 rings (SSSR count). The SMILES string of the molecule is Nc1nnc(CCCCCc2nn[n+](N)s2)s1. The number of hydrogen-bond donors (Lipinski definition) is 2. The van der Waals surface area contributed by atoms with Crippen molar-refractivity contribution in [2.75, 3.05) is 11.6 Å². The monoisotopic (exact) mass is 272 g/mol. The Hall–Kier alpha value is -1.35. The van der Waals surface area contributed by atoms with Crippen molar-refractivity contribution >= 4 is 28.0 Å². The molecule has 0 fully saturated rings. The summed E-state index contributed by atoms with van der Waals surface area (Å²) >= 11 is 2.84. The second kappa shape index (κ2) is 5.82. The molecule has 0 radical (unpaired) electrons. The minimum Gasteiger partial charge on any atom is -0.374 e. The van der Waals surface area contributed by atoms with Gasteiger partial charge in [-0.1, -0.05) is 17.8 Å². The lowest BCUT2D eigenvalue weighted by Gasteiger charge is -1.94. The molecule has 0 spiro atoms. The normalized spacial score (nSPS) is 10.8. The predicted molar refractivity (Wildman–Crippen MR) is 65.8 cm³/mol. The summed E-state index contributed by atoms with van der Waals surface area (Å²) in [6, 6.07) is 0. The molecule has 2 aromatic rings. The zero-order valence-electron chi connectivity index (χ0n) is 9.24. The van der Waals surface area contributed by atoms with Gasteiger partial charge in [0.2, 0.25) is 5.13 Å². The fourth-order valence-corrected chi connectivity index (χ4v) is 2.68. The summed E-state index contributed by atoms with van der Waals surface area (Å²) in [6.45, 7) is 0. The van der Waals surface area contributed by atoms with Crippen LogP contribution in [-0.2, 0) is 12.8 Å². The third kappa shape index (κ3) is 3.86. The van der Waals surface area contributed by atoms with Gasteiger partial charge in [0.15, 0.2) is 5.21 Å². The highest BCUT2D eigenvalue weighted by Gasteiger charge is 2.09. The molecular formula is C8H14N7S2+. The van der Waals surface area contributed by atoms with Crippen molar-refractivity contribution in [1.82, 2.24) is 20.5 Å². The number of unbranched alkanes of at least 4 members (excludes halogenated alkanes) is 2. The molecule has 2 heterocycles. The molecule has 0 aliphatic carbocycles. The number of anilines is 1. The molecule has 0 aliphatic rings. The van der Waals surface area contributed by atoms with E-state index in [2.05, 4.69) is 20.5 Å². The zero-order chi connectivity index (χ0) is 12.1. The largest absolute Gasteiger partial charge is 0.374 e. The van der Waals surface area contributed by atoms with E-state index in [1.165, 1.54) is 27.0 Å². The van der Waals surface area contributed by atoms with Crippen molar-refractivity contribution in [2.45, 2.75) is 32.1 Å². The van der Waals surface area contributed by atoms with Crippen molar-refractivity contribution in [1.29, 1.82) is 0 Å². The van der Waals surface area contributed by atoms with Gasteiger partial charge < -0.3 is 5.73 Å². The van der Waals surface area contributed by atoms with Crippen LogP contribution >= 0.6 is 22.9 Å². The maximum absolute atomic E-state index is 5.50. The minimum atomic E-state index is 0.543. The van der Waals surface area contributed by atoms with Gasteiger partial charge in [-0.05, 0) is 12.8 Å². The first-order chi connectivity index (χ1) is 8.24. The fourth-order valence-electron chi connectivity index (χ4n) is 1.43. The summed E-state index contributed by atoms with van der Waals surface area (Å²) in [7, 11) is 0. The first-order valence-corrected chi connectivity index (χ1v) is 6.91. The Kier molecular flexibility index (Phi) is 4.15. The molecule has 0 amide bonds. The highest BCUT2D eigenvalue weighted by Crippen LogP contribution is 2.14. The van der Waals surface area contributed by atoms with E-state index >= 15 is 0 Å². The fraction of sp³-hybridized carbons (Fsp3) is 0.625. The molecule has 17 heavy (non-hydrogen) atoms. The number of nitrogen functional groups attached to an aromatic ring is 2. The van der Waals surface area contributed by atoms with Crippen LogP contribution in [0.3, 0.4) is 0 Å². The lowest BCUT2D eigenvalue weighted by atomic mass is 10.1. The Labute approximate surface area is 107 Å². The molecule has 7 nitrogen and oxygen atoms in total. The number of aryl methyl sites for hydroxylation is 2. The standard InChI is InChI=1S/C8H14N7S2/c9-8-13-11-6(16-8)4-2-1-3-5-7-12-14-15(10)17-7/h1-5H2,(H2,9,13)(H2,10,14)/q+1. The topological polar surface area (TPSA) is 107 Å². The van der Waals surface area contributed by atoms with Gasteiger partial charge in [-0.2, -0.15) is 0 Å². The van der Waals surface area contributed by atoms with Crippen LogP contribution in [0.4, 0.5) is 5.13 Å². The van der Waals surface area contributed by atoms with Crippen molar-refractivity contribution in [3.8, 4) is 0 Å². The second-order valence-corrected chi connectivity index (χ2v) is 5.69. The van der Waals surface area contributed by atoms with Gasteiger partial charge in [0.1, 0.15) is 16.5 Å². The average molecular weight is 272 g/mol. The summed E-state index contributed by atoms with van der Waals surface area (Å²) in [5.41, 5.74) is 5.50. The molecule has 0 saturated carbocycles. The van der Waals surface area contributed by atoms with Crippen molar-refractivity contribution in [3.63, 3.8) is 0 Å². The third-order valence-corrected chi connectivity index (χ3v) is 3.78. The second-order valence-electron chi connectivity index (χ2n) is 3.57. The van der Waals surface area contributed by atoms with E-state index in [1.54, 1.807) is 0 Å². The maximum Gasteiger partial charge on any atom is 0.275 e. The lowest BCUT2D eigenvalue weighted by Crippen LogP contribution is -2.43. The summed E-state index contributed by atoms with van der Waals surface area (Å²) in [4.78, 5) is 0. The molecule has 92 valence electrons. The maximum atomic E-state index is 5.50. The summed E-state index contributed by atoms with van der Waals surface area (Å²) in [6.07, 6.45) is 5.19. The zero-order valence-corrected chi connectivity index (χ0v) is 10.9. The van der Waals surface area contributed by atoms with E-state index < -0.39 is 0 Å². The first kappa shape index (κ1) is 12.1. The van der Waals surface area contributed by atoms with Gasteiger partial charge in [-0.25, -0.2) is 5.84 Å². The van der Waals surface area contributed by atoms with Crippen LogP contribution in [0.25, 0.3) is 0 Å². The van der Waals surface area contributed by atoms with Crippen molar-refractivity contribution in [2.24, 2.45) is 0 Å². The smallest absolute Gasteiger partial charge is 0.275 e. The third-order valence-electron chi connectivity index (χ3n) is 2.21. The van der Waals surface area contributed by atoms with Crippen LogP contribution in [0.1, 0.15) is 29.3 Å². The molecule has 9 heteroatoms. The van der Waals surface area contributed by atoms with Gasteiger partial charge in [-0.15, -0.1) is 10.2 Å². The van der Waals surface area contributed by atoms with Crippen LogP contribution in [0, 0.1) is 0 Å². The molecule has 0 bridgehead atoms. The van der Waals surface area contributed by atoms with Gasteiger partial charge in [0, 0.05) is 17.0 Å². The van der Waals surface area contributed by atoms with Gasteiger partial charge >= 0.3 is 0 Å². The van der Waals surface area contributed by atoms with Crippen LogP contribution in [0.5, 0.6) is 0 Å². The Morgan fingerprint density at radius 3 is 2.35 bits per heavy atom. The predicted octanol–water partition coefficient (Wildman–Crippen LogP) is -0.0714. The Bertz CT molecular complexity index is 424. The Morgan fingerprint density at radius 1 is 1.00 bits per heavy atom. The van der Waals surface area contributed by atoms with E-state index in [1.807, 2.05) is 0 Å². The summed E-state index contributed by atoms with van der Waals surface area (Å²) < 4.78 is 1.28. The van der Waals surface area contributed by atoms with E-state index in [0.29, 0.717) is 5.13 Å². The Morgan fingerprint density at radius 2 is 1.76 bits per heavy atom. The molecule has 4 N–H and O–H groups in total. The number of aromatic nitrogens is 5. The van der Waals surface area contributed by atoms with Gasteiger partial charge in [-0.3, -0.25) is 0 Å². The lowest BCUT2D eigenvalue weighted by molar-refractivity contribution is -0.636. The minimum absolute atomic E-state index is 0.543. The number of nitrogens with two attached hydrogens (primary N) is 2. The molecule has 0 aliphatic heterocycles. The highest BCUT2D eigenvalue weighted by atomic mass is 32.1. The summed E-state index contributed by atoms with van der Waals surface area (Å²) in [5.74, 6) is 5.42. The summed E-state index contributed by atoms with van der Waals surface area (Å²) in [5, 5.41) is 17.9. The first-order valence-electron chi connectivity index (χ1n) is 5.32. The van der Waals surface area contributed by atoms with E-state index in [4.69, 9.17) is 11.6 Å². The molecule has 0 saturated heterocycles. The highest BCUT2D eigenvalue weighted by molar-refractivity contribution is 7.15. The van der Waals surface area contributed by atoms with E-state index in [0.717, 1.165) is 42.1 Å².